The number of aromatic nitrogens is 1. The number of hydrogen-bond donors (Lipinski definition) is 1. The predicted octanol–water partition coefficient (Wildman–Crippen LogP) is 2.52. The highest BCUT2D eigenvalue weighted by atomic mass is 35.5. The van der Waals surface area contributed by atoms with Gasteiger partial charge in [0.25, 0.3) is 5.92 Å². The fourth-order valence-electron chi connectivity index (χ4n) is 0.938. The van der Waals surface area contributed by atoms with Crippen LogP contribution in [0.2, 0.25) is 10.0 Å². The Labute approximate surface area is 90.0 Å². The molecule has 0 saturated heterocycles. The van der Waals surface area contributed by atoms with E-state index in [-0.39, 0.29) is 15.6 Å². The fourth-order valence-corrected chi connectivity index (χ4v) is 1.44. The van der Waals surface area contributed by atoms with Gasteiger partial charge in [-0.2, -0.15) is 0 Å². The predicted molar refractivity (Wildman–Crippen MR) is 52.0 cm³/mol. The molecule has 14 heavy (non-hydrogen) atoms. The average molecular weight is 241 g/mol. The quantitative estimate of drug-likeness (QED) is 0.882. The first kappa shape index (κ1) is 11.6. The van der Waals surface area contributed by atoms with Crippen molar-refractivity contribution in [3.8, 4) is 0 Å². The topological polar surface area (TPSA) is 38.9 Å². The summed E-state index contributed by atoms with van der Waals surface area (Å²) in [6, 6.07) is 0. The molecule has 0 bridgehead atoms. The summed E-state index contributed by atoms with van der Waals surface area (Å²) in [5.74, 6) is -2.99. The molecule has 1 aromatic heterocycles. The maximum absolute atomic E-state index is 12.9. The van der Waals surface area contributed by atoms with Crippen molar-refractivity contribution in [2.75, 3.05) is 6.54 Å². The number of hydrogen-bond acceptors (Lipinski definition) is 2. The summed E-state index contributed by atoms with van der Waals surface area (Å²) >= 11 is 11.3. The minimum absolute atomic E-state index is 0.130. The number of halogens is 4. The minimum Gasteiger partial charge on any atom is -0.325 e. The van der Waals surface area contributed by atoms with Gasteiger partial charge in [0, 0.05) is 18.8 Å². The summed E-state index contributed by atoms with van der Waals surface area (Å²) in [5, 5.41) is 0.260. The van der Waals surface area contributed by atoms with Gasteiger partial charge in [0.2, 0.25) is 0 Å². The Morgan fingerprint density at radius 2 is 1.79 bits per heavy atom. The third-order valence-electron chi connectivity index (χ3n) is 1.69. The van der Waals surface area contributed by atoms with Gasteiger partial charge in [0.1, 0.15) is 0 Å². The van der Waals surface area contributed by atoms with Crippen molar-refractivity contribution >= 4 is 23.2 Å². The molecule has 0 aliphatic heterocycles. The van der Waals surface area contributed by atoms with Crippen LogP contribution in [-0.2, 0) is 6.42 Å². The molecule has 0 aliphatic rings. The van der Waals surface area contributed by atoms with E-state index < -0.39 is 18.9 Å². The standard InChI is InChI=1S/C8H8Cl2F2N2/c9-6-2-14-3-7(10)5(6)1-8(11,12)4-13/h2-3H,1,4,13H2. The lowest BCUT2D eigenvalue weighted by atomic mass is 10.1. The minimum atomic E-state index is -2.99. The van der Waals surface area contributed by atoms with Crippen molar-refractivity contribution in [1.82, 2.24) is 4.98 Å². The zero-order chi connectivity index (χ0) is 10.8. The molecule has 0 spiro atoms. The van der Waals surface area contributed by atoms with Gasteiger partial charge in [-0.3, -0.25) is 4.98 Å². The van der Waals surface area contributed by atoms with Gasteiger partial charge in [0.05, 0.1) is 16.6 Å². The second kappa shape index (κ2) is 4.38. The molecule has 0 amide bonds. The maximum atomic E-state index is 12.9. The second-order valence-electron chi connectivity index (χ2n) is 2.82. The zero-order valence-corrected chi connectivity index (χ0v) is 8.62. The first-order valence-corrected chi connectivity index (χ1v) is 4.57. The largest absolute Gasteiger partial charge is 0.325 e. The van der Waals surface area contributed by atoms with Crippen LogP contribution in [0.4, 0.5) is 8.78 Å². The number of alkyl halides is 2. The molecule has 1 aromatic rings. The summed E-state index contributed by atoms with van der Waals surface area (Å²) in [6.07, 6.45) is 1.98. The van der Waals surface area contributed by atoms with Gasteiger partial charge in [0.15, 0.2) is 0 Å². The van der Waals surface area contributed by atoms with E-state index in [0.717, 1.165) is 0 Å². The molecular formula is C8H8Cl2F2N2. The fraction of sp³-hybridized carbons (Fsp3) is 0.375. The molecule has 0 radical (unpaired) electrons. The summed E-state index contributed by atoms with van der Waals surface area (Å²) in [4.78, 5) is 3.66. The maximum Gasteiger partial charge on any atom is 0.264 e. The summed E-state index contributed by atoms with van der Waals surface area (Å²) in [5.41, 5.74) is 5.08. The summed E-state index contributed by atoms with van der Waals surface area (Å²) < 4.78 is 25.9. The Kier molecular flexibility index (Phi) is 3.64. The number of pyridine rings is 1. The number of rotatable bonds is 3. The van der Waals surface area contributed by atoms with E-state index in [4.69, 9.17) is 28.9 Å². The normalized spacial score (nSPS) is 11.8. The molecule has 1 rings (SSSR count). The summed E-state index contributed by atoms with van der Waals surface area (Å²) in [6.45, 7) is -0.734. The van der Waals surface area contributed by atoms with Crippen LogP contribution in [0.25, 0.3) is 0 Å². The smallest absolute Gasteiger partial charge is 0.264 e. The van der Waals surface area contributed by atoms with E-state index in [1.54, 1.807) is 0 Å². The van der Waals surface area contributed by atoms with Crippen LogP contribution in [0, 0.1) is 0 Å². The van der Waals surface area contributed by atoms with Crippen molar-refractivity contribution in [1.29, 1.82) is 0 Å². The molecule has 2 nitrogen and oxygen atoms in total. The first-order valence-electron chi connectivity index (χ1n) is 3.82. The van der Waals surface area contributed by atoms with Crippen molar-refractivity contribution in [3.63, 3.8) is 0 Å². The number of nitrogens with zero attached hydrogens (tertiary/aromatic N) is 1. The Morgan fingerprint density at radius 3 is 2.21 bits per heavy atom. The molecule has 0 atom stereocenters. The van der Waals surface area contributed by atoms with Crippen LogP contribution in [-0.4, -0.2) is 17.5 Å². The Bertz CT molecular complexity index is 311. The molecule has 78 valence electrons. The SMILES string of the molecule is NCC(F)(F)Cc1c(Cl)cncc1Cl. The lowest BCUT2D eigenvalue weighted by Gasteiger charge is -2.15. The lowest BCUT2D eigenvalue weighted by Crippen LogP contribution is -2.30. The van der Waals surface area contributed by atoms with Crippen molar-refractivity contribution < 1.29 is 8.78 Å². The highest BCUT2D eigenvalue weighted by Crippen LogP contribution is 2.28. The van der Waals surface area contributed by atoms with Crippen LogP contribution in [0.1, 0.15) is 5.56 Å². The lowest BCUT2D eigenvalue weighted by molar-refractivity contribution is 0.0115. The Morgan fingerprint density at radius 1 is 1.29 bits per heavy atom. The molecular weight excluding hydrogens is 233 g/mol. The monoisotopic (exact) mass is 240 g/mol. The Balaban J connectivity index is 2.97. The van der Waals surface area contributed by atoms with Crippen LogP contribution in [0.5, 0.6) is 0 Å². The van der Waals surface area contributed by atoms with E-state index in [2.05, 4.69) is 4.98 Å². The molecule has 0 saturated carbocycles. The molecule has 1 heterocycles. The van der Waals surface area contributed by atoms with E-state index >= 15 is 0 Å². The van der Waals surface area contributed by atoms with E-state index in [1.807, 2.05) is 0 Å². The van der Waals surface area contributed by atoms with Crippen LogP contribution in [0.3, 0.4) is 0 Å². The van der Waals surface area contributed by atoms with Gasteiger partial charge in [-0.1, -0.05) is 23.2 Å². The highest BCUT2D eigenvalue weighted by molar-refractivity contribution is 6.35. The second-order valence-corrected chi connectivity index (χ2v) is 3.63. The van der Waals surface area contributed by atoms with Crippen molar-refractivity contribution in [2.24, 2.45) is 5.73 Å². The molecule has 0 aliphatic carbocycles. The first-order chi connectivity index (χ1) is 6.46. The van der Waals surface area contributed by atoms with Crippen LogP contribution in [0.15, 0.2) is 12.4 Å². The van der Waals surface area contributed by atoms with Crippen molar-refractivity contribution in [2.45, 2.75) is 12.3 Å². The van der Waals surface area contributed by atoms with Gasteiger partial charge >= 0.3 is 0 Å². The number of nitrogens with two attached hydrogens (primary N) is 1. The molecule has 0 unspecified atom stereocenters. The third-order valence-corrected chi connectivity index (χ3v) is 2.34. The average Bonchev–Trinajstić information content (AvgIpc) is 2.12. The van der Waals surface area contributed by atoms with Gasteiger partial charge in [-0.05, 0) is 5.56 Å². The highest BCUT2D eigenvalue weighted by Gasteiger charge is 2.29. The Hall–Kier alpha value is -0.450. The van der Waals surface area contributed by atoms with Crippen LogP contribution < -0.4 is 5.73 Å². The molecule has 0 fully saturated rings. The third kappa shape index (κ3) is 2.77. The van der Waals surface area contributed by atoms with Gasteiger partial charge in [-0.25, -0.2) is 8.78 Å². The molecule has 0 aromatic carbocycles. The van der Waals surface area contributed by atoms with Gasteiger partial charge in [-0.15, -0.1) is 0 Å². The summed E-state index contributed by atoms with van der Waals surface area (Å²) in [7, 11) is 0. The van der Waals surface area contributed by atoms with Crippen molar-refractivity contribution in [3.05, 3.63) is 28.0 Å². The molecule has 2 N–H and O–H groups in total. The van der Waals surface area contributed by atoms with Crippen LogP contribution >= 0.6 is 23.2 Å². The molecule has 6 heteroatoms. The van der Waals surface area contributed by atoms with Gasteiger partial charge < -0.3 is 5.73 Å². The van der Waals surface area contributed by atoms with E-state index in [9.17, 15) is 8.78 Å². The van der Waals surface area contributed by atoms with E-state index in [1.165, 1.54) is 12.4 Å². The zero-order valence-electron chi connectivity index (χ0n) is 7.11. The van der Waals surface area contributed by atoms with E-state index in [0.29, 0.717) is 0 Å².